The molecule has 0 aromatic heterocycles. The molecule has 1 amide bonds. The van der Waals surface area contributed by atoms with Crippen LogP contribution in [-0.2, 0) is 9.59 Å². The van der Waals surface area contributed by atoms with Crippen molar-refractivity contribution >= 4 is 11.9 Å². The highest BCUT2D eigenvalue weighted by molar-refractivity contribution is 5.83. The summed E-state index contributed by atoms with van der Waals surface area (Å²) in [4.78, 5) is 22.1. The van der Waals surface area contributed by atoms with E-state index >= 15 is 0 Å². The topological polar surface area (TPSA) is 66.4 Å². The van der Waals surface area contributed by atoms with E-state index in [-0.39, 0.29) is 24.8 Å². The smallest absolute Gasteiger partial charge is 0.305 e. The van der Waals surface area contributed by atoms with Crippen LogP contribution in [0.1, 0.15) is 25.7 Å². The summed E-state index contributed by atoms with van der Waals surface area (Å²) in [5.41, 5.74) is 0. The molecule has 3 saturated carbocycles. The highest BCUT2D eigenvalue weighted by Crippen LogP contribution is 2.69. The van der Waals surface area contributed by atoms with Crippen LogP contribution < -0.4 is 5.32 Å². The number of carbonyl (C=O) groups excluding carboxylic acids is 1. The second-order valence-electron chi connectivity index (χ2n) is 5.45. The Bertz CT molecular complexity index is 325. The maximum atomic E-state index is 11.8. The highest BCUT2D eigenvalue weighted by atomic mass is 16.4. The third kappa shape index (κ3) is 1.43. The van der Waals surface area contributed by atoms with Gasteiger partial charge >= 0.3 is 5.97 Å². The lowest BCUT2D eigenvalue weighted by Gasteiger charge is -2.08. The van der Waals surface area contributed by atoms with Crippen LogP contribution in [0.3, 0.4) is 0 Å². The van der Waals surface area contributed by atoms with Crippen LogP contribution in [0.25, 0.3) is 0 Å². The Morgan fingerprint density at radius 3 is 2.38 bits per heavy atom. The maximum Gasteiger partial charge on any atom is 0.305 e. The fraction of sp³-hybridized carbons (Fsp3) is 0.833. The number of carboxylic acids is 1. The van der Waals surface area contributed by atoms with Gasteiger partial charge in [-0.05, 0) is 42.9 Å². The summed E-state index contributed by atoms with van der Waals surface area (Å²) in [6.07, 6.45) is 3.99. The molecule has 4 atom stereocenters. The van der Waals surface area contributed by atoms with E-state index in [9.17, 15) is 9.59 Å². The molecule has 4 heteroatoms. The Labute approximate surface area is 94.4 Å². The average Bonchev–Trinajstić information content (AvgIpc) is 2.68. The molecule has 0 aromatic rings. The fourth-order valence-corrected chi connectivity index (χ4v) is 4.09. The SMILES string of the molecule is O=C(O)CCNC(=O)C1C2C3CCC(C3)C12. The van der Waals surface area contributed by atoms with Gasteiger partial charge in [-0.15, -0.1) is 0 Å². The van der Waals surface area contributed by atoms with Crippen molar-refractivity contribution in [3.63, 3.8) is 0 Å². The van der Waals surface area contributed by atoms with E-state index in [1.165, 1.54) is 19.3 Å². The summed E-state index contributed by atoms with van der Waals surface area (Å²) in [6.45, 7) is 0.277. The normalized spacial score (nSPS) is 42.9. The zero-order chi connectivity index (χ0) is 11.3. The van der Waals surface area contributed by atoms with Crippen molar-refractivity contribution in [1.82, 2.24) is 5.32 Å². The second-order valence-corrected chi connectivity index (χ2v) is 5.45. The number of fused-ring (bicyclic) bond motifs is 5. The number of carboxylic acid groups (broad SMARTS) is 1. The maximum absolute atomic E-state index is 11.8. The first-order chi connectivity index (χ1) is 7.68. The Hall–Kier alpha value is -1.06. The van der Waals surface area contributed by atoms with Crippen molar-refractivity contribution in [3.8, 4) is 0 Å². The molecular formula is C12H17NO3. The average molecular weight is 223 g/mol. The van der Waals surface area contributed by atoms with Crippen LogP contribution in [0.5, 0.6) is 0 Å². The van der Waals surface area contributed by atoms with Crippen molar-refractivity contribution in [2.45, 2.75) is 25.7 Å². The zero-order valence-electron chi connectivity index (χ0n) is 9.19. The van der Waals surface area contributed by atoms with Gasteiger partial charge in [0, 0.05) is 12.5 Å². The van der Waals surface area contributed by atoms with E-state index in [0.29, 0.717) is 11.8 Å². The summed E-state index contributed by atoms with van der Waals surface area (Å²) in [7, 11) is 0. The number of nitrogens with one attached hydrogen (secondary N) is 1. The highest BCUT2D eigenvalue weighted by Gasteiger charge is 2.67. The third-order valence-electron chi connectivity index (χ3n) is 4.68. The Morgan fingerprint density at radius 1 is 1.19 bits per heavy atom. The first-order valence-corrected chi connectivity index (χ1v) is 6.18. The summed E-state index contributed by atoms with van der Waals surface area (Å²) < 4.78 is 0. The number of carbonyl (C=O) groups is 2. The van der Waals surface area contributed by atoms with Crippen LogP contribution >= 0.6 is 0 Å². The van der Waals surface area contributed by atoms with E-state index in [0.717, 1.165) is 11.8 Å². The number of hydrogen-bond donors (Lipinski definition) is 2. The van der Waals surface area contributed by atoms with Gasteiger partial charge in [-0.3, -0.25) is 9.59 Å². The molecule has 3 aliphatic rings. The Balaban J connectivity index is 1.49. The van der Waals surface area contributed by atoms with Crippen LogP contribution in [0.4, 0.5) is 0 Å². The standard InChI is InChI=1S/C12H17NO3/c14-8(15)3-4-13-12(16)11-9-6-1-2-7(5-6)10(9)11/h6-7,9-11H,1-5H2,(H,13,16)(H,14,15). The molecule has 4 nitrogen and oxygen atoms in total. The van der Waals surface area contributed by atoms with Crippen molar-refractivity contribution in [3.05, 3.63) is 0 Å². The molecule has 0 heterocycles. The van der Waals surface area contributed by atoms with Gasteiger partial charge in [0.1, 0.15) is 0 Å². The van der Waals surface area contributed by atoms with Gasteiger partial charge in [0.15, 0.2) is 0 Å². The predicted octanol–water partition coefficient (Wildman–Crippen LogP) is 0.869. The predicted molar refractivity (Wildman–Crippen MR) is 56.6 cm³/mol. The van der Waals surface area contributed by atoms with Crippen molar-refractivity contribution in [1.29, 1.82) is 0 Å². The van der Waals surface area contributed by atoms with Crippen LogP contribution in [0.15, 0.2) is 0 Å². The summed E-state index contributed by atoms with van der Waals surface area (Å²) in [6, 6.07) is 0. The van der Waals surface area contributed by atoms with E-state index in [1.54, 1.807) is 0 Å². The lowest BCUT2D eigenvalue weighted by Crippen LogP contribution is -2.29. The quantitative estimate of drug-likeness (QED) is 0.743. The number of hydrogen-bond acceptors (Lipinski definition) is 2. The van der Waals surface area contributed by atoms with Crippen LogP contribution in [0, 0.1) is 29.6 Å². The molecule has 3 fully saturated rings. The largest absolute Gasteiger partial charge is 0.481 e. The molecule has 0 aliphatic heterocycles. The number of amides is 1. The molecule has 4 unspecified atom stereocenters. The van der Waals surface area contributed by atoms with E-state index in [1.807, 2.05) is 0 Å². The monoisotopic (exact) mass is 223 g/mol. The molecule has 3 aliphatic carbocycles. The van der Waals surface area contributed by atoms with Gasteiger partial charge in [-0.1, -0.05) is 0 Å². The summed E-state index contributed by atoms with van der Waals surface area (Å²) in [5, 5.41) is 11.2. The fourth-order valence-electron chi connectivity index (χ4n) is 4.09. The van der Waals surface area contributed by atoms with Gasteiger partial charge in [-0.2, -0.15) is 0 Å². The summed E-state index contributed by atoms with van der Waals surface area (Å²) >= 11 is 0. The van der Waals surface area contributed by atoms with Gasteiger partial charge in [0.2, 0.25) is 5.91 Å². The van der Waals surface area contributed by atoms with Crippen molar-refractivity contribution in [2.75, 3.05) is 6.54 Å². The van der Waals surface area contributed by atoms with Gasteiger partial charge in [0.25, 0.3) is 0 Å². The number of aliphatic carboxylic acids is 1. The van der Waals surface area contributed by atoms with Gasteiger partial charge < -0.3 is 10.4 Å². The van der Waals surface area contributed by atoms with Crippen molar-refractivity contribution in [2.24, 2.45) is 29.6 Å². The van der Waals surface area contributed by atoms with Crippen LogP contribution in [-0.4, -0.2) is 23.5 Å². The first-order valence-electron chi connectivity index (χ1n) is 6.18. The molecule has 0 radical (unpaired) electrons. The second kappa shape index (κ2) is 3.47. The third-order valence-corrected chi connectivity index (χ3v) is 4.68. The lowest BCUT2D eigenvalue weighted by molar-refractivity contribution is -0.137. The number of rotatable bonds is 4. The van der Waals surface area contributed by atoms with Crippen LogP contribution in [0.2, 0.25) is 0 Å². The molecule has 0 aromatic carbocycles. The van der Waals surface area contributed by atoms with E-state index < -0.39 is 5.97 Å². The van der Waals surface area contributed by atoms with Gasteiger partial charge in [-0.25, -0.2) is 0 Å². The Morgan fingerprint density at radius 2 is 1.81 bits per heavy atom. The minimum atomic E-state index is -0.851. The molecular weight excluding hydrogens is 206 g/mol. The Kier molecular flexibility index (Phi) is 2.19. The molecule has 2 N–H and O–H groups in total. The molecule has 16 heavy (non-hydrogen) atoms. The zero-order valence-corrected chi connectivity index (χ0v) is 9.19. The minimum Gasteiger partial charge on any atom is -0.481 e. The molecule has 88 valence electrons. The molecule has 0 spiro atoms. The molecule has 3 rings (SSSR count). The van der Waals surface area contributed by atoms with Gasteiger partial charge in [0.05, 0.1) is 6.42 Å². The van der Waals surface area contributed by atoms with Crippen molar-refractivity contribution < 1.29 is 14.7 Å². The summed E-state index contributed by atoms with van der Waals surface area (Å²) in [5.74, 6) is 2.35. The minimum absolute atomic E-state index is 0.0284. The molecule has 0 saturated heterocycles. The lowest BCUT2D eigenvalue weighted by atomic mass is 10.0. The van der Waals surface area contributed by atoms with E-state index in [2.05, 4.69) is 5.32 Å². The molecule has 2 bridgehead atoms. The first kappa shape index (κ1) is 10.1. The van der Waals surface area contributed by atoms with E-state index in [4.69, 9.17) is 5.11 Å².